The van der Waals surface area contributed by atoms with Gasteiger partial charge in [-0.1, -0.05) is 62.2 Å². The molecule has 0 aromatic heterocycles. The van der Waals surface area contributed by atoms with Gasteiger partial charge in [0.1, 0.15) is 0 Å². The minimum atomic E-state index is -3.41. The van der Waals surface area contributed by atoms with E-state index in [2.05, 4.69) is 47.8 Å². The quantitative estimate of drug-likeness (QED) is 0.207. The summed E-state index contributed by atoms with van der Waals surface area (Å²) in [6.45, 7) is 3.74. The molecule has 4 rings (SSSR count). The Hall–Kier alpha value is -2.15. The second kappa shape index (κ2) is 15.4. The third-order valence-electron chi connectivity index (χ3n) is 6.63. The SMILES string of the molecule is CCNc1cc(C(=O)N[C@@H](Cc2ccccc2)[C@H](O)CNCc2cc(Br)cc(Br)c2)cc(N2CCCS2(=O)=O)c1.Cl. The molecule has 41 heavy (non-hydrogen) atoms. The molecule has 12 heteroatoms. The number of anilines is 2. The van der Waals surface area contributed by atoms with Crippen molar-refractivity contribution in [2.45, 2.75) is 38.5 Å². The number of halogens is 3. The number of carbonyl (C=O) groups is 1. The lowest BCUT2D eigenvalue weighted by atomic mass is 10.00. The fourth-order valence-electron chi connectivity index (χ4n) is 4.74. The smallest absolute Gasteiger partial charge is 0.251 e. The van der Waals surface area contributed by atoms with E-state index >= 15 is 0 Å². The van der Waals surface area contributed by atoms with Crippen LogP contribution in [0.2, 0.25) is 0 Å². The van der Waals surface area contributed by atoms with Gasteiger partial charge in [-0.15, -0.1) is 12.4 Å². The Morgan fingerprint density at radius 1 is 1.02 bits per heavy atom. The van der Waals surface area contributed by atoms with Crippen LogP contribution in [0.5, 0.6) is 0 Å². The van der Waals surface area contributed by atoms with Crippen molar-refractivity contribution in [3.05, 3.63) is 92.4 Å². The summed E-state index contributed by atoms with van der Waals surface area (Å²) in [5.74, 6) is -0.289. The van der Waals surface area contributed by atoms with Gasteiger partial charge in [0.25, 0.3) is 5.91 Å². The van der Waals surface area contributed by atoms with Crippen LogP contribution in [0.3, 0.4) is 0 Å². The monoisotopic (exact) mass is 728 g/mol. The topological polar surface area (TPSA) is 111 Å². The molecule has 0 spiro atoms. The normalized spacial score (nSPS) is 15.6. The van der Waals surface area contributed by atoms with Crippen molar-refractivity contribution in [2.75, 3.05) is 35.0 Å². The summed E-state index contributed by atoms with van der Waals surface area (Å²) in [7, 11) is -3.41. The highest BCUT2D eigenvalue weighted by atomic mass is 79.9. The van der Waals surface area contributed by atoms with Gasteiger partial charge in [-0.2, -0.15) is 0 Å². The first-order valence-electron chi connectivity index (χ1n) is 13.2. The van der Waals surface area contributed by atoms with E-state index in [1.165, 1.54) is 4.31 Å². The van der Waals surface area contributed by atoms with Gasteiger partial charge >= 0.3 is 0 Å². The molecule has 1 fully saturated rings. The lowest BCUT2D eigenvalue weighted by molar-refractivity contribution is 0.0830. The van der Waals surface area contributed by atoms with E-state index < -0.39 is 22.2 Å². The molecule has 8 nitrogen and oxygen atoms in total. The molecule has 0 aliphatic carbocycles. The Kier molecular flexibility index (Phi) is 12.5. The standard InChI is InChI=1S/C29H34Br2N4O4S.ClH/c1-2-33-25-14-22(15-26(17-25)35-9-6-10-40(35,38)39)29(37)34-27(13-20-7-4-3-5-8-20)28(36)19-32-18-21-11-23(30)16-24(31)12-21;/h3-5,7-8,11-12,14-17,27-28,32-33,36H,2,6,9-10,13,18-19H2,1H3,(H,34,37);1H/t27-,28+;/m0./s1. The molecular weight excluding hydrogens is 696 g/mol. The number of nitrogens with zero attached hydrogens (tertiary/aromatic N) is 1. The van der Waals surface area contributed by atoms with Gasteiger partial charge in [0.15, 0.2) is 0 Å². The minimum absolute atomic E-state index is 0. The molecule has 0 radical (unpaired) electrons. The largest absolute Gasteiger partial charge is 0.390 e. The molecule has 0 saturated carbocycles. The highest BCUT2D eigenvalue weighted by molar-refractivity contribution is 9.11. The first-order valence-corrected chi connectivity index (χ1v) is 16.4. The van der Waals surface area contributed by atoms with Gasteiger partial charge in [-0.25, -0.2) is 8.42 Å². The van der Waals surface area contributed by atoms with Gasteiger partial charge < -0.3 is 21.1 Å². The minimum Gasteiger partial charge on any atom is -0.390 e. The maximum Gasteiger partial charge on any atom is 0.251 e. The number of aliphatic hydroxyl groups is 1. The first kappa shape index (κ1) is 33.4. The number of aliphatic hydroxyl groups excluding tert-OH is 1. The Labute approximate surface area is 265 Å². The van der Waals surface area contributed by atoms with Crippen molar-refractivity contribution in [1.82, 2.24) is 10.6 Å². The molecule has 2 atom stereocenters. The van der Waals surface area contributed by atoms with Gasteiger partial charge in [0.05, 0.1) is 23.6 Å². The summed E-state index contributed by atoms with van der Waals surface area (Å²) < 4.78 is 28.4. The number of hydrogen-bond acceptors (Lipinski definition) is 6. The number of rotatable bonds is 12. The lowest BCUT2D eigenvalue weighted by Crippen LogP contribution is -2.48. The number of nitrogens with one attached hydrogen (secondary N) is 3. The highest BCUT2D eigenvalue weighted by Crippen LogP contribution is 2.28. The molecule has 1 aliphatic rings. The molecule has 1 saturated heterocycles. The third-order valence-corrected chi connectivity index (χ3v) is 9.42. The lowest BCUT2D eigenvalue weighted by Gasteiger charge is -2.26. The zero-order valence-corrected chi connectivity index (χ0v) is 27.5. The van der Waals surface area contributed by atoms with Crippen LogP contribution in [0, 0.1) is 0 Å². The van der Waals surface area contributed by atoms with Crippen LogP contribution in [0.4, 0.5) is 11.4 Å². The summed E-state index contributed by atoms with van der Waals surface area (Å²) in [6.07, 6.45) is 0.0953. The molecule has 0 bridgehead atoms. The maximum absolute atomic E-state index is 13.6. The summed E-state index contributed by atoms with van der Waals surface area (Å²) in [4.78, 5) is 13.6. The van der Waals surface area contributed by atoms with Crippen molar-refractivity contribution >= 4 is 71.6 Å². The number of carbonyl (C=O) groups excluding carboxylic acids is 1. The summed E-state index contributed by atoms with van der Waals surface area (Å²) in [5, 5.41) is 20.7. The number of sulfonamides is 1. The van der Waals surface area contributed by atoms with Gasteiger partial charge in [0.2, 0.25) is 10.0 Å². The zero-order chi connectivity index (χ0) is 28.7. The highest BCUT2D eigenvalue weighted by Gasteiger charge is 2.30. The molecule has 222 valence electrons. The Morgan fingerprint density at radius 3 is 2.37 bits per heavy atom. The summed E-state index contributed by atoms with van der Waals surface area (Å²) in [5.41, 5.74) is 3.47. The number of benzene rings is 3. The zero-order valence-electron chi connectivity index (χ0n) is 22.6. The van der Waals surface area contributed by atoms with Crippen LogP contribution < -0.4 is 20.3 Å². The Morgan fingerprint density at radius 2 is 1.73 bits per heavy atom. The van der Waals surface area contributed by atoms with Crippen LogP contribution in [-0.4, -0.2) is 57.0 Å². The van der Waals surface area contributed by atoms with Crippen LogP contribution in [0.25, 0.3) is 0 Å². The summed E-state index contributed by atoms with van der Waals surface area (Å²) in [6, 6.07) is 20.1. The van der Waals surface area contributed by atoms with Crippen molar-refractivity contribution in [3.63, 3.8) is 0 Å². The molecular formula is C29H35Br2ClN4O4S. The van der Waals surface area contributed by atoms with E-state index in [9.17, 15) is 18.3 Å². The van der Waals surface area contributed by atoms with E-state index in [1.807, 2.05) is 55.5 Å². The van der Waals surface area contributed by atoms with Crippen LogP contribution in [0.1, 0.15) is 34.8 Å². The van der Waals surface area contributed by atoms with Gasteiger partial charge in [-0.05, 0) is 67.3 Å². The molecule has 1 aliphatic heterocycles. The van der Waals surface area contributed by atoms with Crippen molar-refractivity contribution in [2.24, 2.45) is 0 Å². The maximum atomic E-state index is 13.6. The predicted octanol–water partition coefficient (Wildman–Crippen LogP) is 5.10. The molecule has 0 unspecified atom stereocenters. The average Bonchev–Trinajstić information content (AvgIpc) is 3.27. The number of amides is 1. The first-order chi connectivity index (χ1) is 19.1. The van der Waals surface area contributed by atoms with Crippen molar-refractivity contribution < 1.29 is 18.3 Å². The molecule has 1 amide bonds. The van der Waals surface area contributed by atoms with E-state index in [4.69, 9.17) is 0 Å². The van der Waals surface area contributed by atoms with Crippen molar-refractivity contribution in [3.8, 4) is 0 Å². The molecule has 3 aromatic rings. The van der Waals surface area contributed by atoms with Gasteiger partial charge in [-0.3, -0.25) is 9.10 Å². The van der Waals surface area contributed by atoms with Crippen LogP contribution in [-0.2, 0) is 23.0 Å². The second-order valence-electron chi connectivity index (χ2n) is 9.79. The molecule has 1 heterocycles. The molecule has 4 N–H and O–H groups in total. The second-order valence-corrected chi connectivity index (χ2v) is 13.6. The van der Waals surface area contributed by atoms with Crippen LogP contribution in [0.15, 0.2) is 75.7 Å². The average molecular weight is 731 g/mol. The van der Waals surface area contributed by atoms with Crippen LogP contribution >= 0.6 is 44.3 Å². The fraction of sp³-hybridized carbons (Fsp3) is 0.345. The van der Waals surface area contributed by atoms with E-state index in [-0.39, 0.29) is 30.6 Å². The number of hydrogen-bond donors (Lipinski definition) is 4. The Bertz CT molecular complexity index is 1410. The van der Waals surface area contributed by atoms with E-state index in [1.54, 1.807) is 18.2 Å². The van der Waals surface area contributed by atoms with E-state index in [0.717, 1.165) is 20.1 Å². The van der Waals surface area contributed by atoms with Gasteiger partial charge in [0, 0.05) is 46.4 Å². The molecule has 3 aromatic carbocycles. The summed E-state index contributed by atoms with van der Waals surface area (Å²) >= 11 is 6.99. The third kappa shape index (κ3) is 9.42. The predicted molar refractivity (Wildman–Crippen MR) is 175 cm³/mol. The Balaban J connectivity index is 0.00000462. The van der Waals surface area contributed by atoms with Crippen molar-refractivity contribution in [1.29, 1.82) is 0 Å². The van der Waals surface area contributed by atoms with E-state index in [0.29, 0.717) is 49.4 Å². The fourth-order valence-corrected chi connectivity index (χ4v) is 7.68.